The number of nitrogens with zero attached hydrogens (tertiary/aromatic N) is 2. The van der Waals surface area contributed by atoms with Gasteiger partial charge in [-0.2, -0.15) is 0 Å². The Labute approximate surface area is 152 Å². The van der Waals surface area contributed by atoms with Crippen molar-refractivity contribution in [2.45, 2.75) is 13.5 Å². The van der Waals surface area contributed by atoms with Gasteiger partial charge in [-0.3, -0.25) is 10.0 Å². The van der Waals surface area contributed by atoms with Gasteiger partial charge in [-0.1, -0.05) is 36.4 Å². The van der Waals surface area contributed by atoms with Crippen LogP contribution in [0.5, 0.6) is 0 Å². The molecule has 4 nitrogen and oxygen atoms in total. The van der Waals surface area contributed by atoms with Gasteiger partial charge in [-0.05, 0) is 41.0 Å². The van der Waals surface area contributed by atoms with E-state index in [1.165, 1.54) is 0 Å². The van der Waals surface area contributed by atoms with Crippen LogP contribution in [-0.4, -0.2) is 11.1 Å². The van der Waals surface area contributed by atoms with E-state index >= 15 is 0 Å². The Morgan fingerprint density at radius 1 is 1.00 bits per heavy atom. The fraction of sp³-hybridized carbons (Fsp3) is 0.0909. The summed E-state index contributed by atoms with van der Waals surface area (Å²) in [7, 11) is 0. The number of hydrogen-bond acceptors (Lipinski definition) is 2. The Bertz CT molecular complexity index is 1020. The largest absolute Gasteiger partial charge is 0.308 e. The molecule has 2 aromatic carbocycles. The zero-order chi connectivity index (χ0) is 18.1. The Morgan fingerprint density at radius 2 is 1.77 bits per heavy atom. The minimum atomic E-state index is 0.0130. The molecule has 0 aliphatic carbocycles. The van der Waals surface area contributed by atoms with Crippen LogP contribution >= 0.6 is 0 Å². The number of carbonyl (C=O) groups excluding carboxylic acids is 1. The number of pyridine rings is 1. The monoisotopic (exact) mass is 343 g/mol. The highest BCUT2D eigenvalue weighted by molar-refractivity contribution is 5.95. The summed E-state index contributed by atoms with van der Waals surface area (Å²) in [6.07, 6.45) is 5.71. The lowest BCUT2D eigenvalue weighted by atomic mass is 9.97. The lowest BCUT2D eigenvalue weighted by Crippen LogP contribution is -2.32. The Hall–Kier alpha value is -3.40. The topological polar surface area (TPSA) is 44.4 Å². The number of carbonyl (C=O) groups is 1. The lowest BCUT2D eigenvalue weighted by Gasteiger charge is -2.26. The molecular formula is C22H19N2O2+. The lowest BCUT2D eigenvalue weighted by molar-refractivity contribution is -0.896. The van der Waals surface area contributed by atoms with E-state index in [0.717, 1.165) is 38.4 Å². The highest BCUT2D eigenvalue weighted by Crippen LogP contribution is 2.30. The molecule has 1 aliphatic rings. The van der Waals surface area contributed by atoms with Crippen molar-refractivity contribution in [3.8, 4) is 11.3 Å². The zero-order valence-corrected chi connectivity index (χ0v) is 14.5. The molecule has 0 spiro atoms. The van der Waals surface area contributed by atoms with Crippen molar-refractivity contribution in [1.82, 2.24) is 0 Å². The van der Waals surface area contributed by atoms with Gasteiger partial charge in [0.25, 0.3) is 5.69 Å². The van der Waals surface area contributed by atoms with E-state index in [1.54, 1.807) is 24.1 Å². The molecule has 0 fully saturated rings. The molecule has 1 amide bonds. The van der Waals surface area contributed by atoms with E-state index in [0.29, 0.717) is 6.54 Å². The van der Waals surface area contributed by atoms with Crippen LogP contribution in [0, 0.1) is 0 Å². The number of para-hydroxylation sites is 1. The predicted octanol–water partition coefficient (Wildman–Crippen LogP) is 3.92. The number of anilines is 1. The Kier molecular flexibility index (Phi) is 4.01. The van der Waals surface area contributed by atoms with Crippen molar-refractivity contribution in [1.29, 1.82) is 0 Å². The van der Waals surface area contributed by atoms with E-state index in [9.17, 15) is 10.0 Å². The van der Waals surface area contributed by atoms with Gasteiger partial charge in [0.15, 0.2) is 0 Å². The van der Waals surface area contributed by atoms with Crippen molar-refractivity contribution in [2.24, 2.45) is 0 Å². The maximum atomic E-state index is 12.2. The van der Waals surface area contributed by atoms with Gasteiger partial charge >= 0.3 is 0 Å². The second-order valence-corrected chi connectivity index (χ2v) is 6.34. The second-order valence-electron chi connectivity index (χ2n) is 6.34. The molecule has 0 atom stereocenters. The van der Waals surface area contributed by atoms with Crippen LogP contribution in [0.1, 0.15) is 23.6 Å². The van der Waals surface area contributed by atoms with Crippen LogP contribution in [0.25, 0.3) is 23.4 Å². The molecule has 1 aromatic heterocycles. The van der Waals surface area contributed by atoms with Gasteiger partial charge in [-0.25, -0.2) is 0 Å². The number of fused-ring (bicyclic) bond motifs is 2. The van der Waals surface area contributed by atoms with Gasteiger partial charge < -0.3 is 4.90 Å². The van der Waals surface area contributed by atoms with E-state index in [1.807, 2.05) is 60.7 Å². The first-order valence-corrected chi connectivity index (χ1v) is 8.52. The third-order valence-corrected chi connectivity index (χ3v) is 4.66. The molecule has 0 unspecified atom stereocenters. The minimum Gasteiger partial charge on any atom is -0.308 e. The molecular weight excluding hydrogens is 324 g/mol. The molecule has 128 valence electrons. The Balaban J connectivity index is 1.85. The van der Waals surface area contributed by atoms with Crippen molar-refractivity contribution < 1.29 is 14.7 Å². The summed E-state index contributed by atoms with van der Waals surface area (Å²) in [5, 5.41) is 10.1. The van der Waals surface area contributed by atoms with Crippen LogP contribution in [-0.2, 0) is 11.3 Å². The molecule has 0 bridgehead atoms. The predicted molar refractivity (Wildman–Crippen MR) is 101 cm³/mol. The van der Waals surface area contributed by atoms with Crippen molar-refractivity contribution in [3.63, 3.8) is 0 Å². The summed E-state index contributed by atoms with van der Waals surface area (Å²) in [5.41, 5.74) is 5.66. The number of rotatable bonds is 1. The maximum Gasteiger partial charge on any atom is 0.264 e. The summed E-state index contributed by atoms with van der Waals surface area (Å²) in [6.45, 7) is 2.11. The number of amides is 1. The quantitative estimate of drug-likeness (QED) is 0.538. The van der Waals surface area contributed by atoms with E-state index in [-0.39, 0.29) is 5.91 Å². The number of hydrogen-bond donors (Lipinski definition) is 1. The second kappa shape index (κ2) is 6.48. The van der Waals surface area contributed by atoms with E-state index in [4.69, 9.17) is 0 Å². The summed E-state index contributed by atoms with van der Waals surface area (Å²) >= 11 is 0. The fourth-order valence-electron chi connectivity index (χ4n) is 3.31. The molecule has 1 aliphatic heterocycles. The highest BCUT2D eigenvalue weighted by Gasteiger charge is 2.19. The third-order valence-electron chi connectivity index (χ3n) is 4.66. The first-order valence-electron chi connectivity index (χ1n) is 8.52. The van der Waals surface area contributed by atoms with Crippen LogP contribution in [0.2, 0.25) is 0 Å². The van der Waals surface area contributed by atoms with Crippen molar-refractivity contribution in [3.05, 3.63) is 83.6 Å². The zero-order valence-electron chi connectivity index (χ0n) is 14.5. The fourth-order valence-corrected chi connectivity index (χ4v) is 3.31. The van der Waals surface area contributed by atoms with E-state index < -0.39 is 0 Å². The molecule has 4 rings (SSSR count). The van der Waals surface area contributed by atoms with E-state index in [2.05, 4.69) is 6.08 Å². The van der Waals surface area contributed by atoms with Crippen molar-refractivity contribution in [2.75, 3.05) is 4.90 Å². The smallest absolute Gasteiger partial charge is 0.264 e. The average Bonchev–Trinajstić information content (AvgIpc) is 2.63. The summed E-state index contributed by atoms with van der Waals surface area (Å²) in [6, 6.07) is 19.5. The number of aromatic nitrogens is 1. The molecule has 26 heavy (non-hydrogen) atoms. The molecule has 3 aromatic rings. The van der Waals surface area contributed by atoms with Gasteiger partial charge in [0.2, 0.25) is 12.1 Å². The molecule has 1 N–H and O–H groups in total. The van der Waals surface area contributed by atoms with Gasteiger partial charge in [0.1, 0.15) is 0 Å². The molecule has 0 saturated heterocycles. The molecule has 0 saturated carbocycles. The molecule has 4 heteroatoms. The van der Waals surface area contributed by atoms with Crippen LogP contribution in [0.3, 0.4) is 0 Å². The first kappa shape index (κ1) is 16.1. The van der Waals surface area contributed by atoms with Gasteiger partial charge in [-0.15, -0.1) is 0 Å². The van der Waals surface area contributed by atoms with Crippen LogP contribution in [0.15, 0.2) is 66.9 Å². The standard InChI is InChI=1S/C22H19N2O2/c1-16(25)23-15-20-12-11-19(22-8-4-5-13-24(22)26)14-18(20)10-9-17-6-2-3-7-21(17)23/h2-14,26H,15H2,1H3/q+1/b10-9-. The summed E-state index contributed by atoms with van der Waals surface area (Å²) < 4.78 is 1.12. The minimum absolute atomic E-state index is 0.0130. The van der Waals surface area contributed by atoms with Gasteiger partial charge in [0.05, 0.1) is 17.8 Å². The maximum absolute atomic E-state index is 12.2. The highest BCUT2D eigenvalue weighted by atomic mass is 16.5. The van der Waals surface area contributed by atoms with Crippen molar-refractivity contribution >= 4 is 23.7 Å². The summed E-state index contributed by atoms with van der Waals surface area (Å²) in [5.74, 6) is 0.0130. The first-order chi connectivity index (χ1) is 12.6. The molecule has 0 radical (unpaired) electrons. The van der Waals surface area contributed by atoms with Crippen LogP contribution < -0.4 is 9.63 Å². The van der Waals surface area contributed by atoms with Crippen LogP contribution in [0.4, 0.5) is 5.69 Å². The summed E-state index contributed by atoms with van der Waals surface area (Å²) in [4.78, 5) is 14.0. The third kappa shape index (κ3) is 2.86. The normalized spacial score (nSPS) is 14.0. The average molecular weight is 343 g/mol. The SMILES string of the molecule is CC(=O)N1Cc2ccc(-c3cccc[n+]3O)cc2/C=C\c2ccccc21. The molecule has 2 heterocycles. The Morgan fingerprint density at radius 3 is 2.58 bits per heavy atom. The number of benzene rings is 2. The van der Waals surface area contributed by atoms with Gasteiger partial charge in [0, 0.05) is 23.8 Å².